The van der Waals surface area contributed by atoms with Crippen LogP contribution in [0.3, 0.4) is 0 Å². The second kappa shape index (κ2) is 8.40. The number of ether oxygens (including phenoxy) is 2. The van der Waals surface area contributed by atoms with Crippen LogP contribution < -0.4 is 14.2 Å². The predicted octanol–water partition coefficient (Wildman–Crippen LogP) is 4.72. The molecule has 0 aliphatic rings. The summed E-state index contributed by atoms with van der Waals surface area (Å²) < 4.78 is 41.9. The number of aromatic nitrogens is 3. The molecule has 2 aromatic heterocycles. The number of rotatable bonds is 6. The van der Waals surface area contributed by atoms with Gasteiger partial charge in [-0.05, 0) is 76.2 Å². The zero-order chi connectivity index (χ0) is 23.8. The Morgan fingerprint density at radius 1 is 1.03 bits per heavy atom. The molecule has 33 heavy (non-hydrogen) atoms. The van der Waals surface area contributed by atoms with Crippen molar-refractivity contribution in [1.29, 1.82) is 0 Å². The summed E-state index contributed by atoms with van der Waals surface area (Å²) >= 11 is 0. The first-order chi connectivity index (χ1) is 15.6. The lowest BCUT2D eigenvalue weighted by Gasteiger charge is -2.21. The van der Waals surface area contributed by atoms with Crippen LogP contribution >= 0.6 is 0 Å². The number of benzene rings is 2. The average molecular weight is 467 g/mol. The Hall–Kier alpha value is -3.59. The minimum absolute atomic E-state index is 0.112. The van der Waals surface area contributed by atoms with Crippen LogP contribution in [-0.4, -0.2) is 35.9 Å². The van der Waals surface area contributed by atoms with Crippen LogP contribution in [0.15, 0.2) is 65.7 Å². The van der Waals surface area contributed by atoms with Crippen LogP contribution in [-0.2, 0) is 10.0 Å². The van der Waals surface area contributed by atoms with Crippen LogP contribution in [0.5, 0.6) is 11.5 Å². The molecule has 2 aromatic carbocycles. The zero-order valence-electron chi connectivity index (χ0n) is 19.2. The van der Waals surface area contributed by atoms with E-state index in [2.05, 4.69) is 14.8 Å². The molecule has 2 heterocycles. The highest BCUT2D eigenvalue weighted by Gasteiger charge is 2.22. The lowest BCUT2D eigenvalue weighted by molar-refractivity contribution is 0.131. The van der Waals surface area contributed by atoms with Gasteiger partial charge in [0.1, 0.15) is 28.6 Å². The summed E-state index contributed by atoms with van der Waals surface area (Å²) in [5.41, 5.74) is 1.60. The van der Waals surface area contributed by atoms with Crippen molar-refractivity contribution in [3.05, 3.63) is 66.5 Å². The third kappa shape index (κ3) is 4.78. The topological polar surface area (TPSA) is 95.3 Å². The number of sulfonamides is 1. The average Bonchev–Trinajstić information content (AvgIpc) is 3.10. The van der Waals surface area contributed by atoms with Crippen molar-refractivity contribution >= 4 is 26.7 Å². The van der Waals surface area contributed by atoms with E-state index >= 15 is 0 Å². The third-order valence-electron chi connectivity index (χ3n) is 4.78. The van der Waals surface area contributed by atoms with E-state index in [0.29, 0.717) is 22.9 Å². The van der Waals surface area contributed by atoms with E-state index in [1.165, 1.54) is 16.8 Å². The fraction of sp³-hybridized carbons (Fsp3) is 0.250. The van der Waals surface area contributed by atoms with Crippen LogP contribution in [0.1, 0.15) is 26.5 Å². The van der Waals surface area contributed by atoms with E-state index in [0.717, 1.165) is 10.9 Å². The van der Waals surface area contributed by atoms with E-state index in [9.17, 15) is 8.42 Å². The molecule has 0 spiro atoms. The number of nitrogens with one attached hydrogen (secondary N) is 1. The molecule has 172 valence electrons. The number of hydrogen-bond donors (Lipinski definition) is 1. The van der Waals surface area contributed by atoms with Gasteiger partial charge in [0.05, 0.1) is 23.2 Å². The second-order valence-electron chi connectivity index (χ2n) is 8.56. The summed E-state index contributed by atoms with van der Waals surface area (Å²) in [7, 11) is -2.33. The smallest absolute Gasteiger partial charge is 0.263 e. The molecule has 0 aliphatic heterocycles. The first kappa shape index (κ1) is 22.6. The monoisotopic (exact) mass is 466 g/mol. The van der Waals surface area contributed by atoms with Crippen molar-refractivity contribution in [3.63, 3.8) is 0 Å². The lowest BCUT2D eigenvalue weighted by atomic mass is 10.1. The number of fused-ring (bicyclic) bond motifs is 1. The standard InChI is InChI=1S/C24H26N4O4S/c1-16-15-22(27-33(29,30)18-10-8-17(9-11-18)32-24(2,3)4)28(26-16)23-19-7-6-14-25-20(19)12-13-21(23)31-5/h6-15,27H,1-5H3. The van der Waals surface area contributed by atoms with Gasteiger partial charge >= 0.3 is 0 Å². The minimum atomic E-state index is -3.89. The van der Waals surface area contributed by atoms with Crippen LogP contribution in [0, 0.1) is 6.92 Å². The molecule has 8 nitrogen and oxygen atoms in total. The minimum Gasteiger partial charge on any atom is -0.494 e. The maximum absolute atomic E-state index is 13.2. The Labute approximate surface area is 193 Å². The van der Waals surface area contributed by atoms with Crippen LogP contribution in [0.25, 0.3) is 16.6 Å². The van der Waals surface area contributed by atoms with Gasteiger partial charge in [-0.25, -0.2) is 13.1 Å². The van der Waals surface area contributed by atoms with Crippen molar-refractivity contribution in [3.8, 4) is 17.2 Å². The quantitative estimate of drug-likeness (QED) is 0.442. The van der Waals surface area contributed by atoms with Gasteiger partial charge in [-0.3, -0.25) is 9.71 Å². The number of hydrogen-bond acceptors (Lipinski definition) is 6. The van der Waals surface area contributed by atoms with Crippen LogP contribution in [0.4, 0.5) is 5.82 Å². The molecule has 0 saturated carbocycles. The number of anilines is 1. The summed E-state index contributed by atoms with van der Waals surface area (Å²) in [5, 5.41) is 5.32. The molecule has 9 heteroatoms. The van der Waals surface area contributed by atoms with E-state index in [-0.39, 0.29) is 16.3 Å². The van der Waals surface area contributed by atoms with Crippen molar-refractivity contribution in [2.24, 2.45) is 0 Å². The molecule has 1 N–H and O–H groups in total. The molecule has 4 aromatic rings. The number of nitrogens with zero attached hydrogens (tertiary/aromatic N) is 3. The molecule has 0 radical (unpaired) electrons. The van der Waals surface area contributed by atoms with Gasteiger partial charge in [0.25, 0.3) is 10.0 Å². The highest BCUT2D eigenvalue weighted by Crippen LogP contribution is 2.33. The Morgan fingerprint density at radius 3 is 2.42 bits per heavy atom. The normalized spacial score (nSPS) is 12.0. The largest absolute Gasteiger partial charge is 0.494 e. The maximum Gasteiger partial charge on any atom is 0.263 e. The fourth-order valence-corrected chi connectivity index (χ4v) is 4.51. The zero-order valence-corrected chi connectivity index (χ0v) is 20.0. The molecule has 0 aliphatic carbocycles. The number of pyridine rings is 1. The van der Waals surface area contributed by atoms with Gasteiger partial charge in [-0.15, -0.1) is 0 Å². The van der Waals surface area contributed by atoms with Gasteiger partial charge in [-0.2, -0.15) is 5.10 Å². The predicted molar refractivity (Wildman–Crippen MR) is 128 cm³/mol. The first-order valence-electron chi connectivity index (χ1n) is 10.4. The highest BCUT2D eigenvalue weighted by molar-refractivity contribution is 7.92. The summed E-state index contributed by atoms with van der Waals surface area (Å²) in [6.45, 7) is 7.59. The van der Waals surface area contributed by atoms with E-state index in [1.807, 2.05) is 39.0 Å². The lowest BCUT2D eigenvalue weighted by Crippen LogP contribution is -2.23. The first-order valence-corrected chi connectivity index (χ1v) is 11.9. The van der Waals surface area contributed by atoms with E-state index in [1.54, 1.807) is 44.5 Å². The van der Waals surface area contributed by atoms with Gasteiger partial charge < -0.3 is 9.47 Å². The van der Waals surface area contributed by atoms with Gasteiger partial charge in [0.15, 0.2) is 0 Å². The Balaban J connectivity index is 1.74. The summed E-state index contributed by atoms with van der Waals surface area (Å²) in [6, 6.07) is 15.3. The summed E-state index contributed by atoms with van der Waals surface area (Å²) in [5.74, 6) is 1.43. The molecule has 0 atom stereocenters. The van der Waals surface area contributed by atoms with E-state index < -0.39 is 10.0 Å². The highest BCUT2D eigenvalue weighted by atomic mass is 32.2. The SMILES string of the molecule is COc1ccc2ncccc2c1-n1nc(C)cc1NS(=O)(=O)c1ccc(OC(C)(C)C)cc1. The molecule has 0 bridgehead atoms. The molecular weight excluding hydrogens is 440 g/mol. The fourth-order valence-electron chi connectivity index (χ4n) is 3.48. The molecule has 0 fully saturated rings. The number of methoxy groups -OCH3 is 1. The van der Waals surface area contributed by atoms with E-state index in [4.69, 9.17) is 9.47 Å². The molecule has 0 unspecified atom stereocenters. The van der Waals surface area contributed by atoms with Crippen molar-refractivity contribution in [2.45, 2.75) is 38.2 Å². The Morgan fingerprint density at radius 2 is 1.76 bits per heavy atom. The van der Waals surface area contributed by atoms with Crippen molar-refractivity contribution in [1.82, 2.24) is 14.8 Å². The molecule has 4 rings (SSSR count). The van der Waals surface area contributed by atoms with Crippen molar-refractivity contribution in [2.75, 3.05) is 11.8 Å². The van der Waals surface area contributed by atoms with Crippen LogP contribution in [0.2, 0.25) is 0 Å². The molecule has 0 saturated heterocycles. The van der Waals surface area contributed by atoms with Gasteiger partial charge in [0.2, 0.25) is 0 Å². The van der Waals surface area contributed by atoms with Gasteiger partial charge in [-0.1, -0.05) is 0 Å². The Bertz CT molecular complexity index is 1400. The second-order valence-corrected chi connectivity index (χ2v) is 10.2. The summed E-state index contributed by atoms with van der Waals surface area (Å²) in [4.78, 5) is 4.50. The third-order valence-corrected chi connectivity index (χ3v) is 6.15. The van der Waals surface area contributed by atoms with Crippen molar-refractivity contribution < 1.29 is 17.9 Å². The van der Waals surface area contributed by atoms with Gasteiger partial charge in [0, 0.05) is 17.6 Å². The molecular formula is C24H26N4O4S. The number of aryl methyl sites for hydroxylation is 1. The maximum atomic E-state index is 13.2. The molecule has 0 amide bonds. The summed E-state index contributed by atoms with van der Waals surface area (Å²) in [6.07, 6.45) is 1.70. The Kier molecular flexibility index (Phi) is 5.75.